The number of carbonyl (C=O) groups excluding carboxylic acids is 1. The maximum absolute atomic E-state index is 12.5. The molecule has 7 heteroatoms. The molecule has 0 saturated carbocycles. The summed E-state index contributed by atoms with van der Waals surface area (Å²) in [6.45, 7) is 9.75. The Morgan fingerprint density at radius 1 is 1.21 bits per heavy atom. The molecule has 1 atom stereocenters. The normalized spacial score (nSPS) is 20.4. The van der Waals surface area contributed by atoms with Gasteiger partial charge in [0.15, 0.2) is 5.96 Å². The molecule has 2 aliphatic rings. The van der Waals surface area contributed by atoms with E-state index in [-0.39, 0.29) is 12.0 Å². The van der Waals surface area contributed by atoms with Gasteiger partial charge < -0.3 is 24.6 Å². The summed E-state index contributed by atoms with van der Waals surface area (Å²) in [5.74, 6) is 1.90. The van der Waals surface area contributed by atoms with Crippen LogP contribution in [0.25, 0.3) is 0 Å². The number of carbonyl (C=O) groups is 1. The molecule has 1 N–H and O–H groups in total. The highest BCUT2D eigenvalue weighted by Crippen LogP contribution is 2.16. The molecule has 1 amide bonds. The van der Waals surface area contributed by atoms with Gasteiger partial charge in [-0.05, 0) is 38.8 Å². The third kappa shape index (κ3) is 5.61. The standard InChI is InChI=1S/C21H32N4O3/c1-3-22-21(23-10-16-27-18-8-6-17(2)7-9-18)25-13-11-24(12-14-25)20(26)19-5-4-15-28-19/h6-9,19H,3-5,10-16H2,1-2H3,(H,22,23). The van der Waals surface area contributed by atoms with E-state index in [9.17, 15) is 4.79 Å². The molecule has 154 valence electrons. The molecule has 2 heterocycles. The fourth-order valence-electron chi connectivity index (χ4n) is 3.49. The molecular weight excluding hydrogens is 356 g/mol. The molecule has 0 radical (unpaired) electrons. The number of piperazine rings is 1. The summed E-state index contributed by atoms with van der Waals surface area (Å²) in [7, 11) is 0. The van der Waals surface area contributed by atoms with Crippen molar-refractivity contribution >= 4 is 11.9 Å². The largest absolute Gasteiger partial charge is 0.492 e. The van der Waals surface area contributed by atoms with Crippen LogP contribution in [0.15, 0.2) is 29.3 Å². The van der Waals surface area contributed by atoms with Crippen molar-refractivity contribution in [3.63, 3.8) is 0 Å². The zero-order chi connectivity index (χ0) is 19.8. The van der Waals surface area contributed by atoms with Crippen LogP contribution in [0.4, 0.5) is 0 Å². The Morgan fingerprint density at radius 3 is 2.57 bits per heavy atom. The minimum atomic E-state index is -0.229. The predicted octanol–water partition coefficient (Wildman–Crippen LogP) is 1.66. The first-order valence-electron chi connectivity index (χ1n) is 10.3. The fraction of sp³-hybridized carbons (Fsp3) is 0.619. The Morgan fingerprint density at radius 2 is 1.93 bits per heavy atom. The lowest BCUT2D eigenvalue weighted by molar-refractivity contribution is -0.142. The number of hydrogen-bond acceptors (Lipinski definition) is 4. The third-order valence-electron chi connectivity index (χ3n) is 5.07. The molecular formula is C21H32N4O3. The van der Waals surface area contributed by atoms with E-state index in [0.717, 1.165) is 44.2 Å². The van der Waals surface area contributed by atoms with E-state index in [1.54, 1.807) is 0 Å². The number of nitrogens with zero attached hydrogens (tertiary/aromatic N) is 3. The van der Waals surface area contributed by atoms with Crippen LogP contribution in [0.1, 0.15) is 25.3 Å². The van der Waals surface area contributed by atoms with Crippen molar-refractivity contribution in [1.29, 1.82) is 0 Å². The van der Waals surface area contributed by atoms with Crippen molar-refractivity contribution in [3.8, 4) is 5.75 Å². The van der Waals surface area contributed by atoms with Crippen LogP contribution in [0, 0.1) is 6.92 Å². The minimum absolute atomic E-state index is 0.144. The van der Waals surface area contributed by atoms with Crippen molar-refractivity contribution in [2.75, 3.05) is 52.5 Å². The van der Waals surface area contributed by atoms with Crippen LogP contribution >= 0.6 is 0 Å². The van der Waals surface area contributed by atoms with E-state index in [2.05, 4.69) is 24.1 Å². The van der Waals surface area contributed by atoms with Crippen molar-refractivity contribution in [3.05, 3.63) is 29.8 Å². The van der Waals surface area contributed by atoms with Gasteiger partial charge >= 0.3 is 0 Å². The molecule has 0 bridgehead atoms. The molecule has 2 aliphatic heterocycles. The zero-order valence-corrected chi connectivity index (χ0v) is 17.0. The SMILES string of the molecule is CCNC(=NCCOc1ccc(C)cc1)N1CCN(C(=O)C2CCCO2)CC1. The van der Waals surface area contributed by atoms with Crippen molar-refractivity contribution < 1.29 is 14.3 Å². The van der Waals surface area contributed by atoms with E-state index >= 15 is 0 Å². The lowest BCUT2D eigenvalue weighted by Crippen LogP contribution is -2.55. The Balaban J connectivity index is 1.46. The second-order valence-electron chi connectivity index (χ2n) is 7.21. The summed E-state index contributed by atoms with van der Waals surface area (Å²) < 4.78 is 11.3. The monoisotopic (exact) mass is 388 g/mol. The van der Waals surface area contributed by atoms with Crippen LogP contribution in [0.2, 0.25) is 0 Å². The quantitative estimate of drug-likeness (QED) is 0.456. The number of benzene rings is 1. The van der Waals surface area contributed by atoms with Gasteiger partial charge in [0.1, 0.15) is 18.5 Å². The van der Waals surface area contributed by atoms with E-state index < -0.39 is 0 Å². The summed E-state index contributed by atoms with van der Waals surface area (Å²) in [6, 6.07) is 8.04. The fourth-order valence-corrected chi connectivity index (χ4v) is 3.49. The highest BCUT2D eigenvalue weighted by Gasteiger charge is 2.30. The predicted molar refractivity (Wildman–Crippen MR) is 110 cm³/mol. The first-order chi connectivity index (χ1) is 13.7. The maximum atomic E-state index is 12.5. The third-order valence-corrected chi connectivity index (χ3v) is 5.07. The Labute approximate surface area is 167 Å². The van der Waals surface area contributed by atoms with Crippen LogP contribution in [-0.4, -0.2) is 80.3 Å². The Hall–Kier alpha value is -2.28. The smallest absolute Gasteiger partial charge is 0.251 e. The lowest BCUT2D eigenvalue weighted by atomic mass is 10.2. The number of ether oxygens (including phenoxy) is 2. The summed E-state index contributed by atoms with van der Waals surface area (Å²) >= 11 is 0. The summed E-state index contributed by atoms with van der Waals surface area (Å²) in [5, 5.41) is 3.35. The average molecular weight is 389 g/mol. The Kier molecular flexibility index (Phi) is 7.54. The molecule has 7 nitrogen and oxygen atoms in total. The molecule has 0 spiro atoms. The van der Waals surface area contributed by atoms with Crippen LogP contribution < -0.4 is 10.1 Å². The van der Waals surface area contributed by atoms with Gasteiger partial charge in [-0.2, -0.15) is 0 Å². The number of hydrogen-bond donors (Lipinski definition) is 1. The van der Waals surface area contributed by atoms with E-state index in [0.29, 0.717) is 32.8 Å². The van der Waals surface area contributed by atoms with Gasteiger partial charge in [0.25, 0.3) is 5.91 Å². The van der Waals surface area contributed by atoms with Gasteiger partial charge in [-0.15, -0.1) is 0 Å². The van der Waals surface area contributed by atoms with Gasteiger partial charge in [-0.1, -0.05) is 17.7 Å². The first kappa shape index (κ1) is 20.5. The van der Waals surface area contributed by atoms with E-state index in [4.69, 9.17) is 14.5 Å². The minimum Gasteiger partial charge on any atom is -0.492 e. The number of aryl methyl sites for hydroxylation is 1. The molecule has 3 rings (SSSR count). The number of aliphatic imine (C=N–C) groups is 1. The lowest BCUT2D eigenvalue weighted by Gasteiger charge is -2.37. The molecule has 1 aromatic carbocycles. The number of nitrogens with one attached hydrogen (secondary N) is 1. The van der Waals surface area contributed by atoms with Gasteiger partial charge in [-0.3, -0.25) is 4.79 Å². The van der Waals surface area contributed by atoms with E-state index in [1.165, 1.54) is 5.56 Å². The molecule has 1 unspecified atom stereocenters. The van der Waals surface area contributed by atoms with Gasteiger partial charge in [0.05, 0.1) is 6.54 Å². The van der Waals surface area contributed by atoms with Gasteiger partial charge in [0.2, 0.25) is 0 Å². The molecule has 0 aliphatic carbocycles. The second-order valence-corrected chi connectivity index (χ2v) is 7.21. The topological polar surface area (TPSA) is 66.4 Å². The summed E-state index contributed by atoms with van der Waals surface area (Å²) in [6.07, 6.45) is 1.61. The highest BCUT2D eigenvalue weighted by molar-refractivity contribution is 5.82. The molecule has 1 aromatic rings. The zero-order valence-electron chi connectivity index (χ0n) is 17.0. The molecule has 0 aromatic heterocycles. The van der Waals surface area contributed by atoms with Gasteiger partial charge in [0, 0.05) is 39.3 Å². The number of rotatable bonds is 6. The molecule has 2 fully saturated rings. The highest BCUT2D eigenvalue weighted by atomic mass is 16.5. The maximum Gasteiger partial charge on any atom is 0.251 e. The van der Waals surface area contributed by atoms with Crippen molar-refractivity contribution in [1.82, 2.24) is 15.1 Å². The average Bonchev–Trinajstić information content (AvgIpc) is 3.26. The first-order valence-corrected chi connectivity index (χ1v) is 10.3. The van der Waals surface area contributed by atoms with Crippen LogP contribution in [0.5, 0.6) is 5.75 Å². The molecule has 28 heavy (non-hydrogen) atoms. The summed E-state index contributed by atoms with van der Waals surface area (Å²) in [4.78, 5) is 21.3. The van der Waals surface area contributed by atoms with Crippen LogP contribution in [0.3, 0.4) is 0 Å². The Bertz CT molecular complexity index is 648. The van der Waals surface area contributed by atoms with Crippen LogP contribution in [-0.2, 0) is 9.53 Å². The molecule has 2 saturated heterocycles. The number of guanidine groups is 1. The van der Waals surface area contributed by atoms with Gasteiger partial charge in [-0.25, -0.2) is 4.99 Å². The van der Waals surface area contributed by atoms with Crippen molar-refractivity contribution in [2.24, 2.45) is 4.99 Å². The van der Waals surface area contributed by atoms with E-state index in [1.807, 2.05) is 29.2 Å². The van der Waals surface area contributed by atoms with Crippen molar-refractivity contribution in [2.45, 2.75) is 32.8 Å². The second kappa shape index (κ2) is 10.3. The summed E-state index contributed by atoms with van der Waals surface area (Å²) in [5.41, 5.74) is 1.22. The number of amides is 1.